The van der Waals surface area contributed by atoms with Gasteiger partial charge < -0.3 is 5.32 Å². The summed E-state index contributed by atoms with van der Waals surface area (Å²) < 4.78 is 27.4. The number of aromatic amines is 1. The van der Waals surface area contributed by atoms with Gasteiger partial charge in [0.15, 0.2) is 0 Å². The van der Waals surface area contributed by atoms with Crippen LogP contribution in [0.3, 0.4) is 0 Å². The van der Waals surface area contributed by atoms with Crippen LogP contribution in [0.5, 0.6) is 0 Å². The molecular weight excluding hydrogens is 408 g/mol. The first-order chi connectivity index (χ1) is 13.9. The molecule has 3 heterocycles. The standard InChI is InChI=1S/C20H22N4O3S2/c1-14(25)21-16-4-6-17(7-5-16)29(26,27)24-10-8-15(9-11-24)18-13-19(23-22-18)20-3-2-12-28-20/h2-7,12-13,15H,8-11H2,1H3,(H,21,25)(H,22,23). The molecule has 0 atom stereocenters. The van der Waals surface area contributed by atoms with Crippen molar-refractivity contribution in [3.8, 4) is 10.6 Å². The minimum Gasteiger partial charge on any atom is -0.326 e. The van der Waals surface area contributed by atoms with Crippen molar-refractivity contribution in [1.82, 2.24) is 14.5 Å². The molecule has 0 spiro atoms. The summed E-state index contributed by atoms with van der Waals surface area (Å²) in [5, 5.41) is 12.2. The van der Waals surface area contributed by atoms with Crippen molar-refractivity contribution in [1.29, 1.82) is 0 Å². The Balaban J connectivity index is 1.41. The van der Waals surface area contributed by atoms with Crippen LogP contribution in [0.1, 0.15) is 31.4 Å². The molecule has 1 aliphatic rings. The SMILES string of the molecule is CC(=O)Nc1ccc(S(=O)(=O)N2CCC(c3cc(-c4cccs4)n[nH]3)CC2)cc1. The van der Waals surface area contributed by atoms with E-state index >= 15 is 0 Å². The number of carbonyl (C=O) groups excluding carboxylic acids is 1. The van der Waals surface area contributed by atoms with Crippen LogP contribution in [0.2, 0.25) is 0 Å². The third-order valence-corrected chi connectivity index (χ3v) is 7.88. The van der Waals surface area contributed by atoms with Crippen LogP contribution in [0.25, 0.3) is 10.6 Å². The van der Waals surface area contributed by atoms with E-state index in [4.69, 9.17) is 0 Å². The molecular formula is C20H22N4O3S2. The lowest BCUT2D eigenvalue weighted by molar-refractivity contribution is -0.114. The van der Waals surface area contributed by atoms with E-state index in [-0.39, 0.29) is 16.7 Å². The molecule has 9 heteroatoms. The van der Waals surface area contributed by atoms with Gasteiger partial charge in [0.05, 0.1) is 9.77 Å². The number of hydrogen-bond acceptors (Lipinski definition) is 5. The van der Waals surface area contributed by atoms with Gasteiger partial charge in [-0.3, -0.25) is 9.89 Å². The maximum absolute atomic E-state index is 12.9. The van der Waals surface area contributed by atoms with Crippen LogP contribution in [0.15, 0.2) is 52.7 Å². The lowest BCUT2D eigenvalue weighted by atomic mass is 9.94. The Morgan fingerprint density at radius 2 is 1.93 bits per heavy atom. The molecule has 2 aromatic heterocycles. The molecule has 29 heavy (non-hydrogen) atoms. The van der Waals surface area contributed by atoms with Crippen molar-refractivity contribution in [3.05, 3.63) is 53.5 Å². The predicted molar refractivity (Wildman–Crippen MR) is 113 cm³/mol. The van der Waals surface area contributed by atoms with Gasteiger partial charge in [0.25, 0.3) is 0 Å². The third kappa shape index (κ3) is 4.26. The number of H-pyrrole nitrogens is 1. The highest BCUT2D eigenvalue weighted by molar-refractivity contribution is 7.89. The highest BCUT2D eigenvalue weighted by Crippen LogP contribution is 2.32. The number of sulfonamides is 1. The second kappa shape index (κ2) is 8.10. The van der Waals surface area contributed by atoms with Crippen molar-refractivity contribution < 1.29 is 13.2 Å². The summed E-state index contributed by atoms with van der Waals surface area (Å²) in [6, 6.07) is 12.4. The summed E-state index contributed by atoms with van der Waals surface area (Å²) in [4.78, 5) is 12.5. The molecule has 0 unspecified atom stereocenters. The smallest absolute Gasteiger partial charge is 0.243 e. The van der Waals surface area contributed by atoms with E-state index < -0.39 is 10.0 Å². The van der Waals surface area contributed by atoms with E-state index in [0.717, 1.165) is 29.1 Å². The Labute approximate surface area is 173 Å². The second-order valence-electron chi connectivity index (χ2n) is 7.07. The van der Waals surface area contributed by atoms with Crippen molar-refractivity contribution in [2.75, 3.05) is 18.4 Å². The number of thiophene rings is 1. The van der Waals surface area contributed by atoms with E-state index in [1.54, 1.807) is 23.5 Å². The number of rotatable bonds is 5. The number of amides is 1. The molecule has 1 saturated heterocycles. The first-order valence-corrected chi connectivity index (χ1v) is 11.7. The Morgan fingerprint density at radius 3 is 2.55 bits per heavy atom. The van der Waals surface area contributed by atoms with E-state index in [0.29, 0.717) is 18.8 Å². The Morgan fingerprint density at radius 1 is 1.21 bits per heavy atom. The van der Waals surface area contributed by atoms with Crippen LogP contribution in [-0.4, -0.2) is 41.9 Å². The van der Waals surface area contributed by atoms with Crippen LogP contribution in [-0.2, 0) is 14.8 Å². The zero-order valence-corrected chi connectivity index (χ0v) is 17.6. The van der Waals surface area contributed by atoms with Gasteiger partial charge in [0.1, 0.15) is 5.69 Å². The molecule has 0 bridgehead atoms. The largest absolute Gasteiger partial charge is 0.326 e. The van der Waals surface area contributed by atoms with Gasteiger partial charge in [-0.15, -0.1) is 11.3 Å². The van der Waals surface area contributed by atoms with Crippen molar-refractivity contribution in [2.45, 2.75) is 30.6 Å². The summed E-state index contributed by atoms with van der Waals surface area (Å²) >= 11 is 1.65. The minimum absolute atomic E-state index is 0.191. The van der Waals surface area contributed by atoms with Crippen LogP contribution < -0.4 is 5.32 Å². The van der Waals surface area contributed by atoms with E-state index in [2.05, 4.69) is 21.6 Å². The van der Waals surface area contributed by atoms with Crippen LogP contribution >= 0.6 is 11.3 Å². The fourth-order valence-electron chi connectivity index (χ4n) is 3.57. The maximum Gasteiger partial charge on any atom is 0.243 e. The molecule has 0 aliphatic carbocycles. The zero-order chi connectivity index (χ0) is 20.4. The van der Waals surface area contributed by atoms with Crippen LogP contribution in [0.4, 0.5) is 5.69 Å². The maximum atomic E-state index is 12.9. The lowest BCUT2D eigenvalue weighted by Crippen LogP contribution is -2.37. The van der Waals surface area contributed by atoms with E-state index in [1.165, 1.54) is 23.4 Å². The molecule has 0 saturated carbocycles. The Kier molecular flexibility index (Phi) is 5.53. The highest BCUT2D eigenvalue weighted by Gasteiger charge is 2.30. The normalized spacial score (nSPS) is 16.0. The summed E-state index contributed by atoms with van der Waals surface area (Å²) in [5.41, 5.74) is 2.57. The molecule has 152 valence electrons. The number of aromatic nitrogens is 2. The minimum atomic E-state index is -3.55. The fourth-order valence-corrected chi connectivity index (χ4v) is 5.72. The van der Waals surface area contributed by atoms with Gasteiger partial charge in [-0.2, -0.15) is 9.40 Å². The number of piperidine rings is 1. The number of carbonyl (C=O) groups is 1. The molecule has 0 radical (unpaired) electrons. The van der Waals surface area contributed by atoms with Crippen molar-refractivity contribution >= 4 is 33.0 Å². The molecule has 4 rings (SSSR count). The molecule has 1 aromatic carbocycles. The first-order valence-electron chi connectivity index (χ1n) is 9.40. The van der Waals surface area contributed by atoms with Gasteiger partial charge in [-0.25, -0.2) is 8.42 Å². The average molecular weight is 431 g/mol. The van der Waals surface area contributed by atoms with Gasteiger partial charge >= 0.3 is 0 Å². The molecule has 7 nitrogen and oxygen atoms in total. The number of benzene rings is 1. The highest BCUT2D eigenvalue weighted by atomic mass is 32.2. The fraction of sp³-hybridized carbons (Fsp3) is 0.300. The molecule has 1 amide bonds. The Bertz CT molecular complexity index is 1080. The molecule has 1 aliphatic heterocycles. The average Bonchev–Trinajstić information content (AvgIpc) is 3.40. The summed E-state index contributed by atoms with van der Waals surface area (Å²) in [7, 11) is -3.55. The van der Waals surface area contributed by atoms with Gasteiger partial charge in [0, 0.05) is 37.3 Å². The van der Waals surface area contributed by atoms with Crippen molar-refractivity contribution in [2.24, 2.45) is 0 Å². The van der Waals surface area contributed by atoms with Crippen molar-refractivity contribution in [3.63, 3.8) is 0 Å². The van der Waals surface area contributed by atoms with Gasteiger partial charge in [-0.1, -0.05) is 6.07 Å². The van der Waals surface area contributed by atoms with Crippen LogP contribution in [0, 0.1) is 0 Å². The summed E-state index contributed by atoms with van der Waals surface area (Å²) in [6.07, 6.45) is 1.49. The Hall–Kier alpha value is -2.49. The monoisotopic (exact) mass is 430 g/mol. The zero-order valence-electron chi connectivity index (χ0n) is 16.0. The number of nitrogens with zero attached hydrogens (tertiary/aromatic N) is 2. The van der Waals surface area contributed by atoms with Gasteiger partial charge in [0.2, 0.25) is 15.9 Å². The van der Waals surface area contributed by atoms with E-state index in [9.17, 15) is 13.2 Å². The number of nitrogens with one attached hydrogen (secondary N) is 2. The quantitative estimate of drug-likeness (QED) is 0.646. The molecule has 3 aromatic rings. The van der Waals surface area contributed by atoms with Gasteiger partial charge in [-0.05, 0) is 54.6 Å². The van der Waals surface area contributed by atoms with E-state index in [1.807, 2.05) is 17.5 Å². The number of hydrogen-bond donors (Lipinski definition) is 2. The first kappa shape index (κ1) is 19.8. The predicted octanol–water partition coefficient (Wildman–Crippen LogP) is 3.66. The number of anilines is 1. The summed E-state index contributed by atoms with van der Waals surface area (Å²) in [6.45, 7) is 2.35. The summed E-state index contributed by atoms with van der Waals surface area (Å²) in [5.74, 6) is 0.0773. The molecule has 1 fully saturated rings. The molecule has 2 N–H and O–H groups in total. The second-order valence-corrected chi connectivity index (χ2v) is 9.96. The topological polar surface area (TPSA) is 95.2 Å². The third-order valence-electron chi connectivity index (χ3n) is 5.08. The lowest BCUT2D eigenvalue weighted by Gasteiger charge is -2.30.